The fourth-order valence-corrected chi connectivity index (χ4v) is 2.43. The van der Waals surface area contributed by atoms with Gasteiger partial charge in [-0.15, -0.1) is 0 Å². The highest BCUT2D eigenvalue weighted by atomic mass is 16.6. The Kier molecular flexibility index (Phi) is 3.30. The van der Waals surface area contributed by atoms with E-state index >= 15 is 0 Å². The first-order chi connectivity index (χ1) is 9.67. The summed E-state index contributed by atoms with van der Waals surface area (Å²) in [7, 11) is 1.51. The van der Waals surface area contributed by atoms with E-state index in [0.29, 0.717) is 16.9 Å². The summed E-state index contributed by atoms with van der Waals surface area (Å²) in [5, 5.41) is 29.6. The predicted molar refractivity (Wildman–Crippen MR) is 67.1 cm³/mol. The Hall–Kier alpha value is -1.74. The van der Waals surface area contributed by atoms with Gasteiger partial charge in [0.2, 0.25) is 5.88 Å². The first-order valence-electron chi connectivity index (χ1n) is 6.15. The van der Waals surface area contributed by atoms with Crippen LogP contribution in [0.3, 0.4) is 0 Å². The highest BCUT2D eigenvalue weighted by molar-refractivity contribution is 5.81. The molecule has 108 valence electrons. The monoisotopic (exact) mass is 281 g/mol. The van der Waals surface area contributed by atoms with Gasteiger partial charge < -0.3 is 29.4 Å². The zero-order chi connectivity index (χ0) is 14.3. The Labute approximate surface area is 114 Å². The van der Waals surface area contributed by atoms with Gasteiger partial charge in [-0.3, -0.25) is 0 Å². The number of fused-ring (bicyclic) bond motifs is 1. The van der Waals surface area contributed by atoms with Crippen LogP contribution in [0.25, 0.3) is 11.0 Å². The van der Waals surface area contributed by atoms with E-state index in [2.05, 4.69) is 9.97 Å². The minimum absolute atomic E-state index is 0.369. The van der Waals surface area contributed by atoms with E-state index in [4.69, 9.17) is 14.6 Å². The Bertz CT molecular complexity index is 616. The minimum Gasteiger partial charge on any atom is -0.480 e. The van der Waals surface area contributed by atoms with Crippen LogP contribution < -0.4 is 4.74 Å². The number of aromatic nitrogens is 3. The highest BCUT2D eigenvalue weighted by Crippen LogP contribution is 2.33. The standard InChI is InChI=1S/C12H15N3O5/c1-19-11-6-2-3-15(10(6)13-5-14-11)12-9(18)8(17)7(4-16)20-12/h2-3,5,7-9,12,16-18H,4H2,1H3/t7-,8+,9+,12+/m0/s1. The summed E-state index contributed by atoms with van der Waals surface area (Å²) >= 11 is 0. The van der Waals surface area contributed by atoms with Gasteiger partial charge in [0.15, 0.2) is 6.23 Å². The third-order valence-corrected chi connectivity index (χ3v) is 3.46. The quantitative estimate of drug-likeness (QED) is 0.665. The van der Waals surface area contributed by atoms with Crippen LogP contribution in [-0.4, -0.2) is 61.9 Å². The van der Waals surface area contributed by atoms with Gasteiger partial charge in [-0.25, -0.2) is 9.97 Å². The van der Waals surface area contributed by atoms with Crippen molar-refractivity contribution in [3.05, 3.63) is 18.6 Å². The predicted octanol–water partition coefficient (Wildman–Crippen LogP) is -0.949. The lowest BCUT2D eigenvalue weighted by atomic mass is 10.1. The van der Waals surface area contributed by atoms with Crippen LogP contribution in [0.2, 0.25) is 0 Å². The molecule has 1 saturated heterocycles. The molecule has 2 aromatic rings. The van der Waals surface area contributed by atoms with Gasteiger partial charge in [0.05, 0.1) is 19.1 Å². The molecule has 0 bridgehead atoms. The van der Waals surface area contributed by atoms with Crippen LogP contribution in [0.1, 0.15) is 6.23 Å². The maximum atomic E-state index is 10.0. The Morgan fingerprint density at radius 1 is 1.35 bits per heavy atom. The lowest BCUT2D eigenvalue weighted by molar-refractivity contribution is -0.0508. The van der Waals surface area contributed by atoms with Crippen molar-refractivity contribution in [1.29, 1.82) is 0 Å². The fourth-order valence-electron chi connectivity index (χ4n) is 2.43. The summed E-state index contributed by atoms with van der Waals surface area (Å²) in [5.74, 6) is 0.417. The number of aliphatic hydroxyl groups excluding tert-OH is 3. The topological polar surface area (TPSA) is 110 Å². The number of ether oxygens (including phenoxy) is 2. The first-order valence-corrected chi connectivity index (χ1v) is 6.15. The molecule has 1 fully saturated rings. The zero-order valence-corrected chi connectivity index (χ0v) is 10.7. The second kappa shape index (κ2) is 4.98. The van der Waals surface area contributed by atoms with E-state index in [1.807, 2.05) is 0 Å². The average Bonchev–Trinajstić information content (AvgIpc) is 3.01. The molecule has 0 aromatic carbocycles. The summed E-state index contributed by atoms with van der Waals surface area (Å²) in [6.07, 6.45) is -0.924. The van der Waals surface area contributed by atoms with E-state index in [0.717, 1.165) is 0 Å². The Morgan fingerprint density at radius 3 is 2.80 bits per heavy atom. The number of rotatable bonds is 3. The molecule has 4 atom stereocenters. The molecule has 1 aliphatic rings. The van der Waals surface area contributed by atoms with Gasteiger partial charge in [-0.05, 0) is 6.07 Å². The van der Waals surface area contributed by atoms with Crippen LogP contribution in [0, 0.1) is 0 Å². The van der Waals surface area contributed by atoms with Gasteiger partial charge in [0.25, 0.3) is 0 Å². The lowest BCUT2D eigenvalue weighted by Crippen LogP contribution is -2.33. The van der Waals surface area contributed by atoms with Crippen molar-refractivity contribution in [2.75, 3.05) is 13.7 Å². The SMILES string of the molecule is COc1ncnc2c1ccn2[C@@H]1O[C@@H](CO)[C@@H](O)[C@H]1O. The van der Waals surface area contributed by atoms with Gasteiger partial charge in [0.1, 0.15) is 30.3 Å². The third kappa shape index (κ3) is 1.85. The van der Waals surface area contributed by atoms with Crippen molar-refractivity contribution in [2.24, 2.45) is 0 Å². The van der Waals surface area contributed by atoms with Crippen molar-refractivity contribution in [1.82, 2.24) is 14.5 Å². The number of aliphatic hydroxyl groups is 3. The molecular weight excluding hydrogens is 266 g/mol. The van der Waals surface area contributed by atoms with Crippen LogP contribution >= 0.6 is 0 Å². The van der Waals surface area contributed by atoms with Crippen molar-refractivity contribution < 1.29 is 24.8 Å². The highest BCUT2D eigenvalue weighted by Gasteiger charge is 2.43. The van der Waals surface area contributed by atoms with Crippen LogP contribution in [-0.2, 0) is 4.74 Å². The molecule has 0 radical (unpaired) electrons. The number of hydrogen-bond donors (Lipinski definition) is 3. The Morgan fingerprint density at radius 2 is 2.15 bits per heavy atom. The molecule has 8 heteroatoms. The van der Waals surface area contributed by atoms with E-state index in [1.54, 1.807) is 16.8 Å². The van der Waals surface area contributed by atoms with E-state index < -0.39 is 24.5 Å². The van der Waals surface area contributed by atoms with E-state index in [-0.39, 0.29) is 6.61 Å². The smallest absolute Gasteiger partial charge is 0.225 e. The van der Waals surface area contributed by atoms with Crippen LogP contribution in [0.15, 0.2) is 18.6 Å². The molecule has 3 N–H and O–H groups in total. The summed E-state index contributed by atoms with van der Waals surface area (Å²) in [4.78, 5) is 8.13. The second-order valence-corrected chi connectivity index (χ2v) is 4.57. The molecule has 1 aliphatic heterocycles. The zero-order valence-electron chi connectivity index (χ0n) is 10.7. The summed E-state index contributed by atoms with van der Waals surface area (Å²) in [6.45, 7) is -0.369. The molecular formula is C12H15N3O5. The molecule has 0 amide bonds. The van der Waals surface area contributed by atoms with E-state index in [9.17, 15) is 10.2 Å². The normalized spacial score (nSPS) is 30.0. The largest absolute Gasteiger partial charge is 0.480 e. The molecule has 3 rings (SSSR count). The van der Waals surface area contributed by atoms with Crippen LogP contribution in [0.4, 0.5) is 0 Å². The molecule has 20 heavy (non-hydrogen) atoms. The van der Waals surface area contributed by atoms with Crippen molar-refractivity contribution >= 4 is 11.0 Å². The second-order valence-electron chi connectivity index (χ2n) is 4.57. The van der Waals surface area contributed by atoms with Crippen LogP contribution in [0.5, 0.6) is 5.88 Å². The average molecular weight is 281 g/mol. The number of methoxy groups -OCH3 is 1. The summed E-state index contributed by atoms with van der Waals surface area (Å²) < 4.78 is 12.2. The maximum absolute atomic E-state index is 10.0. The van der Waals surface area contributed by atoms with Crippen molar-refractivity contribution in [3.8, 4) is 5.88 Å². The van der Waals surface area contributed by atoms with Crippen molar-refractivity contribution in [2.45, 2.75) is 24.5 Å². The maximum Gasteiger partial charge on any atom is 0.225 e. The van der Waals surface area contributed by atoms with Gasteiger partial charge in [0, 0.05) is 6.20 Å². The third-order valence-electron chi connectivity index (χ3n) is 3.46. The van der Waals surface area contributed by atoms with Gasteiger partial charge >= 0.3 is 0 Å². The molecule has 0 unspecified atom stereocenters. The molecule has 2 aromatic heterocycles. The molecule has 0 spiro atoms. The van der Waals surface area contributed by atoms with E-state index in [1.165, 1.54) is 13.4 Å². The molecule has 0 saturated carbocycles. The number of hydrogen-bond acceptors (Lipinski definition) is 7. The lowest BCUT2D eigenvalue weighted by Gasteiger charge is -2.17. The number of nitrogens with zero attached hydrogens (tertiary/aromatic N) is 3. The molecule has 0 aliphatic carbocycles. The fraction of sp³-hybridized carbons (Fsp3) is 0.500. The summed E-state index contributed by atoms with van der Waals surface area (Å²) in [6, 6.07) is 1.74. The molecule has 3 heterocycles. The minimum atomic E-state index is -1.15. The summed E-state index contributed by atoms with van der Waals surface area (Å²) in [5.41, 5.74) is 0.520. The van der Waals surface area contributed by atoms with Crippen molar-refractivity contribution in [3.63, 3.8) is 0 Å². The first kappa shape index (κ1) is 13.3. The Balaban J connectivity index is 2.03. The molecule has 8 nitrogen and oxygen atoms in total. The van der Waals surface area contributed by atoms with Gasteiger partial charge in [-0.1, -0.05) is 0 Å². The van der Waals surface area contributed by atoms with Gasteiger partial charge in [-0.2, -0.15) is 0 Å².